The Bertz CT molecular complexity index is 988. The number of nitrogens with two attached hydrogens (primary N) is 1. The molecule has 0 saturated heterocycles. The van der Waals surface area contributed by atoms with Crippen molar-refractivity contribution < 1.29 is 9.53 Å². The minimum atomic E-state index is -0.866. The lowest BCUT2D eigenvalue weighted by Gasteiger charge is -2.32. The zero-order valence-corrected chi connectivity index (χ0v) is 17.8. The minimum absolute atomic E-state index is 0.180. The number of aromatic nitrogens is 2. The van der Waals surface area contributed by atoms with Crippen molar-refractivity contribution in [1.82, 2.24) is 15.1 Å². The summed E-state index contributed by atoms with van der Waals surface area (Å²) in [5.41, 5.74) is 7.68. The predicted octanol–water partition coefficient (Wildman–Crippen LogP) is 1.77. The molecular formula is C23H29N5O3. The smallest absolute Gasteiger partial charge is 0.266 e. The lowest BCUT2D eigenvalue weighted by atomic mass is 9.81. The van der Waals surface area contributed by atoms with Gasteiger partial charge in [-0.2, -0.15) is 10.4 Å². The number of rotatable bonds is 8. The second-order valence-electron chi connectivity index (χ2n) is 8.05. The number of nitriles is 1. The molecule has 31 heavy (non-hydrogen) atoms. The van der Waals surface area contributed by atoms with E-state index in [1.807, 2.05) is 24.3 Å². The molecule has 1 fully saturated rings. The molecule has 0 radical (unpaired) electrons. The molecule has 0 unspecified atom stereocenters. The summed E-state index contributed by atoms with van der Waals surface area (Å²) < 4.78 is 6.39. The maximum atomic E-state index is 12.6. The van der Waals surface area contributed by atoms with Gasteiger partial charge in [0.15, 0.2) is 0 Å². The van der Waals surface area contributed by atoms with Gasteiger partial charge < -0.3 is 15.8 Å². The van der Waals surface area contributed by atoms with E-state index in [2.05, 4.69) is 16.5 Å². The molecule has 0 aliphatic heterocycles. The first-order valence-electron chi connectivity index (χ1n) is 10.6. The van der Waals surface area contributed by atoms with Crippen LogP contribution in [0.2, 0.25) is 0 Å². The fourth-order valence-electron chi connectivity index (χ4n) is 3.83. The van der Waals surface area contributed by atoms with Gasteiger partial charge in [-0.3, -0.25) is 9.59 Å². The molecule has 1 aliphatic carbocycles. The van der Waals surface area contributed by atoms with Crippen molar-refractivity contribution >= 4 is 5.91 Å². The second kappa shape index (κ2) is 10.3. The van der Waals surface area contributed by atoms with Crippen molar-refractivity contribution in [2.75, 3.05) is 13.7 Å². The van der Waals surface area contributed by atoms with Crippen molar-refractivity contribution in [3.63, 3.8) is 0 Å². The molecule has 8 heteroatoms. The highest BCUT2D eigenvalue weighted by atomic mass is 16.5. The Morgan fingerprint density at radius 2 is 1.97 bits per heavy atom. The molecule has 3 rings (SSSR count). The van der Waals surface area contributed by atoms with Gasteiger partial charge in [0.25, 0.3) is 5.56 Å². The van der Waals surface area contributed by atoms with E-state index in [9.17, 15) is 14.9 Å². The third-order valence-corrected chi connectivity index (χ3v) is 5.72. The maximum absolute atomic E-state index is 12.6. The molecule has 0 spiro atoms. The summed E-state index contributed by atoms with van der Waals surface area (Å²) in [6.07, 6.45) is 4.68. The van der Waals surface area contributed by atoms with Crippen LogP contribution in [0, 0.1) is 11.3 Å². The number of carbonyl (C=O) groups excluding carboxylic acids is 1. The van der Waals surface area contributed by atoms with Crippen LogP contribution >= 0.6 is 0 Å². The van der Waals surface area contributed by atoms with Crippen LogP contribution in [0.15, 0.2) is 41.2 Å². The van der Waals surface area contributed by atoms with E-state index in [4.69, 9.17) is 10.5 Å². The van der Waals surface area contributed by atoms with Gasteiger partial charge in [0.05, 0.1) is 30.5 Å². The summed E-state index contributed by atoms with van der Waals surface area (Å²) in [5, 5.41) is 16.7. The average Bonchev–Trinajstić information content (AvgIpc) is 2.79. The summed E-state index contributed by atoms with van der Waals surface area (Å²) >= 11 is 0. The molecule has 0 bridgehead atoms. The number of ether oxygens (including phenoxy) is 1. The number of benzene rings is 1. The van der Waals surface area contributed by atoms with Crippen molar-refractivity contribution in [2.45, 2.75) is 56.7 Å². The molecule has 8 nitrogen and oxygen atoms in total. The van der Waals surface area contributed by atoms with Crippen molar-refractivity contribution in [3.05, 3.63) is 52.3 Å². The molecule has 1 amide bonds. The van der Waals surface area contributed by atoms with Gasteiger partial charge in [-0.25, -0.2) is 4.68 Å². The Morgan fingerprint density at radius 3 is 2.61 bits per heavy atom. The van der Waals surface area contributed by atoms with Gasteiger partial charge in [-0.05, 0) is 24.5 Å². The topological polar surface area (TPSA) is 123 Å². The second-order valence-corrected chi connectivity index (χ2v) is 8.05. The average molecular weight is 424 g/mol. The van der Waals surface area contributed by atoms with Crippen LogP contribution in [-0.4, -0.2) is 41.0 Å². The highest BCUT2D eigenvalue weighted by Crippen LogP contribution is 2.26. The molecule has 1 aliphatic rings. The van der Waals surface area contributed by atoms with Crippen molar-refractivity contribution in [1.29, 1.82) is 5.26 Å². The first-order valence-corrected chi connectivity index (χ1v) is 10.6. The first kappa shape index (κ1) is 22.7. The van der Waals surface area contributed by atoms with Crippen LogP contribution in [-0.2, 0) is 22.5 Å². The van der Waals surface area contributed by atoms with E-state index in [0.29, 0.717) is 38.1 Å². The van der Waals surface area contributed by atoms with Gasteiger partial charge in [0.2, 0.25) is 5.91 Å². The van der Waals surface area contributed by atoms with E-state index in [-0.39, 0.29) is 11.5 Å². The largest absolute Gasteiger partial charge is 0.383 e. The van der Waals surface area contributed by atoms with Crippen molar-refractivity contribution in [2.24, 2.45) is 5.73 Å². The van der Waals surface area contributed by atoms with Gasteiger partial charge in [0.1, 0.15) is 6.04 Å². The number of methoxy groups -OCH3 is 1. The number of nitrogens with zero attached hydrogens (tertiary/aromatic N) is 3. The molecule has 1 saturated carbocycles. The number of nitrogens with one attached hydrogen (secondary N) is 1. The van der Waals surface area contributed by atoms with E-state index < -0.39 is 11.6 Å². The molecular weight excluding hydrogens is 394 g/mol. The molecule has 1 heterocycles. The number of carbonyl (C=O) groups is 1. The maximum Gasteiger partial charge on any atom is 0.266 e. The van der Waals surface area contributed by atoms with Gasteiger partial charge in [0, 0.05) is 25.2 Å². The lowest BCUT2D eigenvalue weighted by Crippen LogP contribution is -2.57. The summed E-state index contributed by atoms with van der Waals surface area (Å²) in [5.74, 6) is -0.238. The summed E-state index contributed by atoms with van der Waals surface area (Å²) in [6, 6.07) is 12.3. The fourth-order valence-corrected chi connectivity index (χ4v) is 3.83. The van der Waals surface area contributed by atoms with Crippen LogP contribution in [0.1, 0.15) is 37.7 Å². The van der Waals surface area contributed by atoms with Crippen LogP contribution in [0.25, 0.3) is 11.3 Å². The van der Waals surface area contributed by atoms with E-state index in [1.165, 1.54) is 10.7 Å². The Kier molecular flexibility index (Phi) is 7.55. The van der Waals surface area contributed by atoms with Crippen LogP contribution in [0.4, 0.5) is 0 Å². The highest BCUT2D eigenvalue weighted by molar-refractivity contribution is 5.86. The number of amides is 1. The SMILES string of the molecule is COCCn1nc(-c2ccc(C[C@@H](C#N)NC(=O)C3(N)CCCCC3)cc2)ccc1=O. The van der Waals surface area contributed by atoms with Crippen LogP contribution in [0.5, 0.6) is 0 Å². The molecule has 2 aromatic rings. The Hall–Kier alpha value is -3.02. The number of hydrogen-bond donors (Lipinski definition) is 2. The first-order chi connectivity index (χ1) is 14.9. The summed E-state index contributed by atoms with van der Waals surface area (Å²) in [6.45, 7) is 0.786. The molecule has 164 valence electrons. The zero-order valence-electron chi connectivity index (χ0n) is 17.8. The van der Waals surface area contributed by atoms with Crippen LogP contribution < -0.4 is 16.6 Å². The lowest BCUT2D eigenvalue weighted by molar-refractivity contribution is -0.127. The Labute approximate surface area is 182 Å². The zero-order chi connectivity index (χ0) is 22.3. The minimum Gasteiger partial charge on any atom is -0.383 e. The Morgan fingerprint density at radius 1 is 1.26 bits per heavy atom. The summed E-state index contributed by atoms with van der Waals surface area (Å²) in [7, 11) is 1.58. The number of hydrogen-bond acceptors (Lipinski definition) is 6. The van der Waals surface area contributed by atoms with Crippen molar-refractivity contribution in [3.8, 4) is 17.3 Å². The molecule has 1 atom stereocenters. The monoisotopic (exact) mass is 423 g/mol. The predicted molar refractivity (Wildman–Crippen MR) is 117 cm³/mol. The summed E-state index contributed by atoms with van der Waals surface area (Å²) in [4.78, 5) is 24.5. The van der Waals surface area contributed by atoms with Gasteiger partial charge >= 0.3 is 0 Å². The third-order valence-electron chi connectivity index (χ3n) is 5.72. The molecule has 1 aromatic heterocycles. The quantitative estimate of drug-likeness (QED) is 0.667. The van der Waals surface area contributed by atoms with E-state index >= 15 is 0 Å². The fraction of sp³-hybridized carbons (Fsp3) is 0.478. The Balaban J connectivity index is 1.66. The van der Waals surface area contributed by atoms with E-state index in [0.717, 1.165) is 30.4 Å². The third kappa shape index (κ3) is 5.78. The highest BCUT2D eigenvalue weighted by Gasteiger charge is 2.36. The molecule has 1 aromatic carbocycles. The standard InChI is InChI=1S/C23H29N5O3/c1-31-14-13-28-21(29)10-9-20(27-28)18-7-5-17(6-8-18)15-19(16-24)26-22(30)23(25)11-3-2-4-12-23/h5-10,19H,2-4,11-15,25H2,1H3,(H,26,30)/t19-/m0/s1. The molecule has 3 N–H and O–H groups in total. The van der Waals surface area contributed by atoms with E-state index in [1.54, 1.807) is 13.2 Å². The normalized spacial score (nSPS) is 16.3. The van der Waals surface area contributed by atoms with Crippen LogP contribution in [0.3, 0.4) is 0 Å². The van der Waals surface area contributed by atoms with Gasteiger partial charge in [-0.15, -0.1) is 0 Å². The van der Waals surface area contributed by atoms with Gasteiger partial charge in [-0.1, -0.05) is 43.5 Å².